The Morgan fingerprint density at radius 2 is 1.69 bits per heavy atom. The smallest absolute Gasteiger partial charge is 0.0218 e. The number of nitrogens with one attached hydrogen (secondary N) is 1. The summed E-state index contributed by atoms with van der Waals surface area (Å²) < 4.78 is 0. The highest BCUT2D eigenvalue weighted by molar-refractivity contribution is 5.72. The SMILES string of the molecule is Cc1ccccc1-c1cccc2c1CNC2. The van der Waals surface area contributed by atoms with Gasteiger partial charge in [0.15, 0.2) is 0 Å². The van der Waals surface area contributed by atoms with E-state index in [0.717, 1.165) is 13.1 Å². The van der Waals surface area contributed by atoms with Crippen LogP contribution in [0.15, 0.2) is 42.5 Å². The zero-order chi connectivity index (χ0) is 11.0. The van der Waals surface area contributed by atoms with Gasteiger partial charge in [0.25, 0.3) is 0 Å². The van der Waals surface area contributed by atoms with E-state index in [9.17, 15) is 0 Å². The van der Waals surface area contributed by atoms with Crippen molar-refractivity contribution in [2.45, 2.75) is 20.0 Å². The van der Waals surface area contributed by atoms with Crippen LogP contribution in [-0.4, -0.2) is 0 Å². The lowest BCUT2D eigenvalue weighted by molar-refractivity contribution is 0.765. The van der Waals surface area contributed by atoms with E-state index >= 15 is 0 Å². The second-order valence-electron chi connectivity index (χ2n) is 4.36. The molecule has 0 fully saturated rings. The summed E-state index contributed by atoms with van der Waals surface area (Å²) in [6, 6.07) is 15.2. The molecule has 0 spiro atoms. The maximum atomic E-state index is 3.42. The standard InChI is InChI=1S/C15H15N/c1-11-5-2-3-7-13(11)14-8-4-6-12-9-16-10-15(12)14/h2-8,16H,9-10H2,1H3. The first-order valence-electron chi connectivity index (χ1n) is 5.74. The van der Waals surface area contributed by atoms with Crippen LogP contribution < -0.4 is 5.32 Å². The second-order valence-corrected chi connectivity index (χ2v) is 4.36. The molecule has 1 aliphatic rings. The van der Waals surface area contributed by atoms with E-state index in [1.807, 2.05) is 0 Å². The van der Waals surface area contributed by atoms with E-state index in [2.05, 4.69) is 54.7 Å². The summed E-state index contributed by atoms with van der Waals surface area (Å²) >= 11 is 0. The highest BCUT2D eigenvalue weighted by atomic mass is 14.9. The van der Waals surface area contributed by atoms with Gasteiger partial charge in [-0.05, 0) is 34.7 Å². The minimum Gasteiger partial charge on any atom is -0.309 e. The quantitative estimate of drug-likeness (QED) is 0.760. The molecule has 0 bridgehead atoms. The molecule has 80 valence electrons. The lowest BCUT2D eigenvalue weighted by Gasteiger charge is -2.10. The van der Waals surface area contributed by atoms with E-state index < -0.39 is 0 Å². The fourth-order valence-corrected chi connectivity index (χ4v) is 2.46. The van der Waals surface area contributed by atoms with Crippen molar-refractivity contribution in [2.75, 3.05) is 0 Å². The van der Waals surface area contributed by atoms with Gasteiger partial charge >= 0.3 is 0 Å². The molecular weight excluding hydrogens is 194 g/mol. The van der Waals surface area contributed by atoms with Gasteiger partial charge in [-0.15, -0.1) is 0 Å². The van der Waals surface area contributed by atoms with E-state index in [4.69, 9.17) is 0 Å². The molecule has 16 heavy (non-hydrogen) atoms. The molecule has 0 atom stereocenters. The number of hydrogen-bond acceptors (Lipinski definition) is 1. The topological polar surface area (TPSA) is 12.0 Å². The predicted molar refractivity (Wildman–Crippen MR) is 67.2 cm³/mol. The zero-order valence-electron chi connectivity index (χ0n) is 9.46. The Hall–Kier alpha value is -1.60. The van der Waals surface area contributed by atoms with Crippen LogP contribution >= 0.6 is 0 Å². The second kappa shape index (κ2) is 3.76. The van der Waals surface area contributed by atoms with Crippen LogP contribution in [0.4, 0.5) is 0 Å². The van der Waals surface area contributed by atoms with E-state index in [1.54, 1.807) is 0 Å². The van der Waals surface area contributed by atoms with Crippen LogP contribution in [0.1, 0.15) is 16.7 Å². The molecule has 0 aliphatic carbocycles. The molecule has 0 unspecified atom stereocenters. The van der Waals surface area contributed by atoms with Crippen LogP contribution in [0, 0.1) is 6.92 Å². The van der Waals surface area contributed by atoms with Gasteiger partial charge in [0.2, 0.25) is 0 Å². The minimum atomic E-state index is 1.000. The van der Waals surface area contributed by atoms with E-state index in [-0.39, 0.29) is 0 Å². The van der Waals surface area contributed by atoms with Crippen molar-refractivity contribution in [3.63, 3.8) is 0 Å². The van der Waals surface area contributed by atoms with Crippen molar-refractivity contribution in [3.05, 3.63) is 59.2 Å². The van der Waals surface area contributed by atoms with E-state index in [0.29, 0.717) is 0 Å². The fraction of sp³-hybridized carbons (Fsp3) is 0.200. The first kappa shape index (κ1) is 9.61. The first-order valence-corrected chi connectivity index (χ1v) is 5.74. The number of aryl methyl sites for hydroxylation is 1. The molecule has 1 N–H and O–H groups in total. The van der Waals surface area contributed by atoms with Gasteiger partial charge in [0.1, 0.15) is 0 Å². The summed E-state index contributed by atoms with van der Waals surface area (Å²) in [6.45, 7) is 4.19. The molecule has 2 aromatic carbocycles. The summed E-state index contributed by atoms with van der Waals surface area (Å²) in [5.74, 6) is 0. The third kappa shape index (κ3) is 1.44. The van der Waals surface area contributed by atoms with Gasteiger partial charge in [-0.3, -0.25) is 0 Å². The van der Waals surface area contributed by atoms with Crippen molar-refractivity contribution in [1.82, 2.24) is 5.32 Å². The van der Waals surface area contributed by atoms with Crippen molar-refractivity contribution in [2.24, 2.45) is 0 Å². The van der Waals surface area contributed by atoms with Crippen LogP contribution in [0.3, 0.4) is 0 Å². The molecule has 1 nitrogen and oxygen atoms in total. The summed E-state index contributed by atoms with van der Waals surface area (Å²) in [5.41, 5.74) is 7.02. The molecule has 0 amide bonds. The number of rotatable bonds is 1. The highest BCUT2D eigenvalue weighted by Crippen LogP contribution is 2.30. The number of hydrogen-bond donors (Lipinski definition) is 1. The average molecular weight is 209 g/mol. The molecule has 1 aliphatic heterocycles. The molecular formula is C15H15N. The molecule has 0 aromatic heterocycles. The Balaban J connectivity index is 2.21. The minimum absolute atomic E-state index is 1.000. The van der Waals surface area contributed by atoms with Crippen LogP contribution in [0.2, 0.25) is 0 Å². The molecule has 0 saturated heterocycles. The van der Waals surface area contributed by atoms with Crippen molar-refractivity contribution in [1.29, 1.82) is 0 Å². The third-order valence-electron chi connectivity index (χ3n) is 3.33. The summed E-state index contributed by atoms with van der Waals surface area (Å²) in [5, 5.41) is 3.42. The zero-order valence-corrected chi connectivity index (χ0v) is 9.46. The Morgan fingerprint density at radius 3 is 2.56 bits per heavy atom. The maximum Gasteiger partial charge on any atom is 0.0218 e. The Labute approximate surface area is 96.1 Å². The van der Waals surface area contributed by atoms with Crippen LogP contribution in [-0.2, 0) is 13.1 Å². The fourth-order valence-electron chi connectivity index (χ4n) is 2.46. The molecule has 1 heteroatoms. The van der Waals surface area contributed by atoms with Gasteiger partial charge in [-0.1, -0.05) is 42.5 Å². The van der Waals surface area contributed by atoms with E-state index in [1.165, 1.54) is 27.8 Å². The van der Waals surface area contributed by atoms with Gasteiger partial charge in [0, 0.05) is 13.1 Å². The van der Waals surface area contributed by atoms with Crippen LogP contribution in [0.25, 0.3) is 11.1 Å². The Morgan fingerprint density at radius 1 is 0.875 bits per heavy atom. The summed E-state index contributed by atoms with van der Waals surface area (Å²) in [7, 11) is 0. The molecule has 3 rings (SSSR count). The Bertz CT molecular complexity index is 529. The largest absolute Gasteiger partial charge is 0.309 e. The highest BCUT2D eigenvalue weighted by Gasteiger charge is 2.15. The third-order valence-corrected chi connectivity index (χ3v) is 3.33. The molecule has 0 radical (unpaired) electrons. The van der Waals surface area contributed by atoms with Gasteiger partial charge < -0.3 is 5.32 Å². The first-order chi connectivity index (χ1) is 7.86. The number of benzene rings is 2. The average Bonchev–Trinajstić information content (AvgIpc) is 2.77. The predicted octanol–water partition coefficient (Wildman–Crippen LogP) is 3.27. The summed E-state index contributed by atoms with van der Waals surface area (Å²) in [6.07, 6.45) is 0. The molecule has 2 aromatic rings. The molecule has 0 saturated carbocycles. The Kier molecular flexibility index (Phi) is 2.26. The normalized spacial score (nSPS) is 13.8. The summed E-state index contributed by atoms with van der Waals surface area (Å²) in [4.78, 5) is 0. The van der Waals surface area contributed by atoms with Gasteiger partial charge in [-0.2, -0.15) is 0 Å². The van der Waals surface area contributed by atoms with Crippen molar-refractivity contribution >= 4 is 0 Å². The van der Waals surface area contributed by atoms with Crippen molar-refractivity contribution in [3.8, 4) is 11.1 Å². The monoisotopic (exact) mass is 209 g/mol. The lowest BCUT2D eigenvalue weighted by atomic mass is 9.94. The van der Waals surface area contributed by atoms with Gasteiger partial charge in [0.05, 0.1) is 0 Å². The van der Waals surface area contributed by atoms with Crippen LogP contribution in [0.5, 0.6) is 0 Å². The number of fused-ring (bicyclic) bond motifs is 1. The molecule has 1 heterocycles. The van der Waals surface area contributed by atoms with Gasteiger partial charge in [-0.25, -0.2) is 0 Å². The maximum absolute atomic E-state index is 3.42. The lowest BCUT2D eigenvalue weighted by Crippen LogP contribution is -2.00. The van der Waals surface area contributed by atoms with Crippen molar-refractivity contribution < 1.29 is 0 Å².